The number of aliphatic hydroxyl groups excluding tert-OH is 1. The topological polar surface area (TPSA) is 61.4 Å². The van der Waals surface area contributed by atoms with E-state index in [1.54, 1.807) is 0 Å². The third kappa shape index (κ3) is 3.54. The molecule has 1 saturated heterocycles. The molecule has 1 aromatic carbocycles. The number of amides is 1. The normalized spacial score (nSPS) is 23.6. The first-order chi connectivity index (χ1) is 8.25. The average Bonchev–Trinajstić information content (AvgIpc) is 2.74. The molecule has 2 unspecified atom stereocenters. The summed E-state index contributed by atoms with van der Waals surface area (Å²) in [6.45, 7) is 1.94. The molecular weight excluding hydrogens is 216 g/mol. The monoisotopic (exact) mass is 234 g/mol. The van der Waals surface area contributed by atoms with E-state index in [-0.39, 0.29) is 17.9 Å². The maximum atomic E-state index is 11.7. The molecule has 1 aliphatic rings. The van der Waals surface area contributed by atoms with E-state index in [0.717, 1.165) is 12.1 Å². The zero-order valence-electron chi connectivity index (χ0n) is 9.73. The van der Waals surface area contributed by atoms with Gasteiger partial charge in [-0.05, 0) is 5.56 Å². The number of nitrogens with one attached hydrogen (secondary N) is 2. The Labute approximate surface area is 101 Å². The summed E-state index contributed by atoms with van der Waals surface area (Å²) < 4.78 is 0. The summed E-state index contributed by atoms with van der Waals surface area (Å²) >= 11 is 0. The highest BCUT2D eigenvalue weighted by atomic mass is 16.3. The van der Waals surface area contributed by atoms with E-state index in [9.17, 15) is 9.90 Å². The van der Waals surface area contributed by atoms with Crippen molar-refractivity contribution in [2.75, 3.05) is 19.6 Å². The highest BCUT2D eigenvalue weighted by molar-refractivity contribution is 5.78. The smallest absolute Gasteiger partial charge is 0.224 e. The molecule has 92 valence electrons. The summed E-state index contributed by atoms with van der Waals surface area (Å²) in [5, 5.41) is 15.5. The third-order valence-corrected chi connectivity index (χ3v) is 3.07. The number of hydrogen-bond acceptors (Lipinski definition) is 3. The van der Waals surface area contributed by atoms with Crippen molar-refractivity contribution < 1.29 is 9.90 Å². The second-order valence-electron chi connectivity index (χ2n) is 4.45. The van der Waals surface area contributed by atoms with Crippen LogP contribution in [0.25, 0.3) is 0 Å². The van der Waals surface area contributed by atoms with Gasteiger partial charge < -0.3 is 15.7 Å². The van der Waals surface area contributed by atoms with Crippen molar-refractivity contribution in [2.45, 2.75) is 12.5 Å². The minimum absolute atomic E-state index is 0.00954. The van der Waals surface area contributed by atoms with Gasteiger partial charge in [0.1, 0.15) is 0 Å². The predicted molar refractivity (Wildman–Crippen MR) is 65.5 cm³/mol. The van der Waals surface area contributed by atoms with Crippen molar-refractivity contribution in [3.05, 3.63) is 35.9 Å². The number of hydrogen-bond donors (Lipinski definition) is 3. The van der Waals surface area contributed by atoms with Gasteiger partial charge in [-0.15, -0.1) is 0 Å². The van der Waals surface area contributed by atoms with Crippen LogP contribution in [0.5, 0.6) is 0 Å². The lowest BCUT2D eigenvalue weighted by Crippen LogP contribution is -2.35. The predicted octanol–water partition coefficient (Wildman–Crippen LogP) is -0.0744. The molecule has 2 atom stereocenters. The molecule has 0 aromatic heterocycles. The summed E-state index contributed by atoms with van der Waals surface area (Å²) in [7, 11) is 0. The Balaban J connectivity index is 1.74. The first-order valence-electron chi connectivity index (χ1n) is 5.95. The van der Waals surface area contributed by atoms with Crippen LogP contribution in [0.2, 0.25) is 0 Å². The first-order valence-corrected chi connectivity index (χ1v) is 5.95. The molecule has 0 spiro atoms. The molecule has 1 aliphatic heterocycles. The summed E-state index contributed by atoms with van der Waals surface area (Å²) in [4.78, 5) is 11.7. The lowest BCUT2D eigenvalue weighted by molar-refractivity contribution is -0.120. The zero-order valence-corrected chi connectivity index (χ0v) is 9.73. The van der Waals surface area contributed by atoms with Crippen molar-refractivity contribution in [1.82, 2.24) is 10.6 Å². The molecule has 4 heteroatoms. The second-order valence-corrected chi connectivity index (χ2v) is 4.45. The van der Waals surface area contributed by atoms with Gasteiger partial charge in [-0.1, -0.05) is 30.3 Å². The van der Waals surface area contributed by atoms with Gasteiger partial charge in [0.05, 0.1) is 12.5 Å². The van der Waals surface area contributed by atoms with E-state index in [1.807, 2.05) is 30.3 Å². The average molecular weight is 234 g/mol. The van der Waals surface area contributed by atoms with Gasteiger partial charge in [0, 0.05) is 25.6 Å². The van der Waals surface area contributed by atoms with Crippen molar-refractivity contribution >= 4 is 5.91 Å². The number of carbonyl (C=O) groups is 1. The maximum Gasteiger partial charge on any atom is 0.224 e. The van der Waals surface area contributed by atoms with E-state index >= 15 is 0 Å². The Bertz CT molecular complexity index is 367. The van der Waals surface area contributed by atoms with Crippen molar-refractivity contribution in [3.8, 4) is 0 Å². The fraction of sp³-hybridized carbons (Fsp3) is 0.462. The summed E-state index contributed by atoms with van der Waals surface area (Å²) in [6.07, 6.45) is 0.0592. The maximum absolute atomic E-state index is 11.7. The first kappa shape index (κ1) is 12.1. The van der Waals surface area contributed by atoms with Gasteiger partial charge >= 0.3 is 0 Å². The van der Waals surface area contributed by atoms with Crippen LogP contribution in [0.3, 0.4) is 0 Å². The van der Waals surface area contributed by atoms with Crippen LogP contribution in [0.1, 0.15) is 5.56 Å². The minimum Gasteiger partial charge on any atom is -0.391 e. The van der Waals surface area contributed by atoms with Crippen LogP contribution in [0.4, 0.5) is 0 Å². The molecule has 2 rings (SSSR count). The van der Waals surface area contributed by atoms with Crippen LogP contribution < -0.4 is 10.6 Å². The minimum atomic E-state index is -0.341. The molecule has 17 heavy (non-hydrogen) atoms. The molecular formula is C13H18N2O2. The van der Waals surface area contributed by atoms with Crippen LogP contribution in [-0.2, 0) is 11.2 Å². The summed E-state index contributed by atoms with van der Waals surface area (Å²) in [5.41, 5.74) is 1.01. The Morgan fingerprint density at radius 2 is 2.12 bits per heavy atom. The molecule has 1 heterocycles. The molecule has 0 saturated carbocycles. The van der Waals surface area contributed by atoms with Gasteiger partial charge in [0.25, 0.3) is 0 Å². The Morgan fingerprint density at radius 3 is 2.76 bits per heavy atom. The number of rotatable bonds is 4. The van der Waals surface area contributed by atoms with E-state index in [4.69, 9.17) is 0 Å². The van der Waals surface area contributed by atoms with Crippen LogP contribution >= 0.6 is 0 Å². The molecule has 0 aliphatic carbocycles. The standard InChI is InChI=1S/C13H18N2O2/c16-12-9-14-7-11(12)8-15-13(17)6-10-4-2-1-3-5-10/h1-5,11-12,14,16H,6-9H2,(H,15,17). The lowest BCUT2D eigenvalue weighted by Gasteiger charge is -2.14. The molecule has 1 aromatic rings. The largest absolute Gasteiger partial charge is 0.391 e. The van der Waals surface area contributed by atoms with Crippen molar-refractivity contribution in [3.63, 3.8) is 0 Å². The number of carbonyl (C=O) groups excluding carboxylic acids is 1. The fourth-order valence-corrected chi connectivity index (χ4v) is 2.02. The molecule has 0 bridgehead atoms. The second kappa shape index (κ2) is 5.80. The van der Waals surface area contributed by atoms with Crippen LogP contribution in [0.15, 0.2) is 30.3 Å². The van der Waals surface area contributed by atoms with Gasteiger partial charge in [-0.25, -0.2) is 0 Å². The van der Waals surface area contributed by atoms with Crippen LogP contribution in [0, 0.1) is 5.92 Å². The Hall–Kier alpha value is -1.39. The lowest BCUT2D eigenvalue weighted by atomic mass is 10.1. The summed E-state index contributed by atoms with van der Waals surface area (Å²) in [5.74, 6) is 0.144. The Kier molecular flexibility index (Phi) is 4.12. The quantitative estimate of drug-likeness (QED) is 0.683. The number of aliphatic hydroxyl groups is 1. The van der Waals surface area contributed by atoms with Crippen LogP contribution in [-0.4, -0.2) is 36.8 Å². The van der Waals surface area contributed by atoms with E-state index < -0.39 is 0 Å². The molecule has 4 nitrogen and oxygen atoms in total. The molecule has 0 radical (unpaired) electrons. The zero-order chi connectivity index (χ0) is 12.1. The Morgan fingerprint density at radius 1 is 1.35 bits per heavy atom. The van der Waals surface area contributed by atoms with E-state index in [1.165, 1.54) is 0 Å². The highest BCUT2D eigenvalue weighted by Gasteiger charge is 2.24. The molecule has 3 N–H and O–H groups in total. The van der Waals surface area contributed by atoms with Crippen molar-refractivity contribution in [1.29, 1.82) is 0 Å². The fourth-order valence-electron chi connectivity index (χ4n) is 2.02. The van der Waals surface area contributed by atoms with Crippen molar-refractivity contribution in [2.24, 2.45) is 5.92 Å². The van der Waals surface area contributed by atoms with Gasteiger partial charge in [-0.2, -0.15) is 0 Å². The number of benzene rings is 1. The number of β-amino-alcohol motifs (C(OH)–C–C–N with tert-alkyl or cyclic N) is 1. The van der Waals surface area contributed by atoms with E-state index in [0.29, 0.717) is 19.5 Å². The molecule has 1 fully saturated rings. The van der Waals surface area contributed by atoms with E-state index in [2.05, 4.69) is 10.6 Å². The third-order valence-electron chi connectivity index (χ3n) is 3.07. The SMILES string of the molecule is O=C(Cc1ccccc1)NCC1CNCC1O. The van der Waals surface area contributed by atoms with Gasteiger partial charge in [0.2, 0.25) is 5.91 Å². The molecule has 1 amide bonds. The van der Waals surface area contributed by atoms with Gasteiger partial charge in [-0.3, -0.25) is 4.79 Å². The van der Waals surface area contributed by atoms with Gasteiger partial charge in [0.15, 0.2) is 0 Å². The highest BCUT2D eigenvalue weighted by Crippen LogP contribution is 2.07. The summed E-state index contributed by atoms with van der Waals surface area (Å²) in [6, 6.07) is 9.65.